The van der Waals surface area contributed by atoms with Gasteiger partial charge in [-0.05, 0) is 56.8 Å². The summed E-state index contributed by atoms with van der Waals surface area (Å²) in [7, 11) is -3.35. The molecule has 118 valence electrons. The first kappa shape index (κ1) is 16.5. The Hall–Kier alpha value is -0.910. The normalized spacial score (nSPS) is 20.6. The summed E-state index contributed by atoms with van der Waals surface area (Å²) >= 11 is 0. The summed E-state index contributed by atoms with van der Waals surface area (Å²) in [6.07, 6.45) is 3.16. The van der Waals surface area contributed by atoms with Crippen molar-refractivity contribution in [3.8, 4) is 0 Å². The Balaban J connectivity index is 2.08. The Labute approximate surface area is 128 Å². The summed E-state index contributed by atoms with van der Waals surface area (Å²) in [6.45, 7) is 7.18. The molecule has 1 saturated heterocycles. The largest absolute Gasteiger partial charge is 0.316 e. The van der Waals surface area contributed by atoms with Crippen molar-refractivity contribution in [1.82, 2.24) is 9.62 Å². The van der Waals surface area contributed by atoms with E-state index in [9.17, 15) is 8.42 Å². The van der Waals surface area contributed by atoms with E-state index >= 15 is 0 Å². The zero-order valence-electron chi connectivity index (χ0n) is 13.0. The number of sulfonamides is 1. The van der Waals surface area contributed by atoms with Crippen molar-refractivity contribution >= 4 is 10.0 Å². The molecule has 1 fully saturated rings. The molecule has 0 spiro atoms. The van der Waals surface area contributed by atoms with E-state index in [1.807, 2.05) is 19.1 Å². The van der Waals surface area contributed by atoms with Crippen LogP contribution in [0, 0.1) is 12.8 Å². The predicted molar refractivity (Wildman–Crippen MR) is 85.8 cm³/mol. The summed E-state index contributed by atoms with van der Waals surface area (Å²) < 4.78 is 27.2. The third-order valence-corrected chi connectivity index (χ3v) is 6.08. The van der Waals surface area contributed by atoms with Crippen molar-refractivity contribution in [2.45, 2.75) is 38.0 Å². The molecule has 0 aliphatic carbocycles. The molecule has 21 heavy (non-hydrogen) atoms. The van der Waals surface area contributed by atoms with E-state index in [1.165, 1.54) is 0 Å². The molecule has 4 nitrogen and oxygen atoms in total. The van der Waals surface area contributed by atoms with E-state index in [1.54, 1.807) is 16.4 Å². The quantitative estimate of drug-likeness (QED) is 0.821. The smallest absolute Gasteiger partial charge is 0.243 e. The average molecular weight is 310 g/mol. The lowest BCUT2D eigenvalue weighted by Crippen LogP contribution is -2.43. The maximum atomic E-state index is 12.8. The molecule has 1 aliphatic heterocycles. The van der Waals surface area contributed by atoms with Crippen LogP contribution in [0.3, 0.4) is 0 Å². The van der Waals surface area contributed by atoms with Gasteiger partial charge in [0, 0.05) is 13.1 Å². The first-order valence-electron chi connectivity index (χ1n) is 7.82. The van der Waals surface area contributed by atoms with Gasteiger partial charge in [0.1, 0.15) is 0 Å². The Morgan fingerprint density at radius 2 is 2.10 bits per heavy atom. The molecule has 1 heterocycles. The van der Waals surface area contributed by atoms with Crippen molar-refractivity contribution in [3.05, 3.63) is 29.8 Å². The topological polar surface area (TPSA) is 49.4 Å². The maximum absolute atomic E-state index is 12.8. The van der Waals surface area contributed by atoms with Gasteiger partial charge in [0.05, 0.1) is 4.90 Å². The van der Waals surface area contributed by atoms with Crippen LogP contribution < -0.4 is 5.32 Å². The Morgan fingerprint density at radius 1 is 1.33 bits per heavy atom. The van der Waals surface area contributed by atoms with Gasteiger partial charge in [-0.25, -0.2) is 8.42 Å². The van der Waals surface area contributed by atoms with Crippen LogP contribution in [0.2, 0.25) is 0 Å². The summed E-state index contributed by atoms with van der Waals surface area (Å²) in [5.41, 5.74) is 0.823. The van der Waals surface area contributed by atoms with Crippen LogP contribution in [-0.2, 0) is 10.0 Å². The van der Waals surface area contributed by atoms with Crippen molar-refractivity contribution in [2.24, 2.45) is 5.92 Å². The molecular formula is C16H26N2O2S. The van der Waals surface area contributed by atoms with Crippen molar-refractivity contribution < 1.29 is 8.42 Å². The van der Waals surface area contributed by atoms with Crippen LogP contribution in [0.25, 0.3) is 0 Å². The highest BCUT2D eigenvalue weighted by atomic mass is 32.2. The lowest BCUT2D eigenvalue weighted by molar-refractivity contribution is 0.260. The number of rotatable bonds is 6. The van der Waals surface area contributed by atoms with Crippen molar-refractivity contribution in [2.75, 3.05) is 26.2 Å². The second kappa shape index (κ2) is 7.38. The van der Waals surface area contributed by atoms with E-state index in [4.69, 9.17) is 0 Å². The van der Waals surface area contributed by atoms with Crippen LogP contribution in [0.4, 0.5) is 0 Å². The highest BCUT2D eigenvalue weighted by Crippen LogP contribution is 2.25. The zero-order valence-corrected chi connectivity index (χ0v) is 13.8. The molecule has 0 aromatic heterocycles. The molecule has 0 saturated carbocycles. The molecule has 1 aromatic rings. The van der Waals surface area contributed by atoms with Gasteiger partial charge in [-0.3, -0.25) is 0 Å². The van der Waals surface area contributed by atoms with Gasteiger partial charge >= 0.3 is 0 Å². The number of hydrogen-bond donors (Lipinski definition) is 1. The fraction of sp³-hybridized carbons (Fsp3) is 0.625. The molecule has 2 rings (SSSR count). The summed E-state index contributed by atoms with van der Waals surface area (Å²) in [4.78, 5) is 0.451. The Morgan fingerprint density at radius 3 is 2.81 bits per heavy atom. The number of hydrogen-bond acceptors (Lipinski definition) is 3. The van der Waals surface area contributed by atoms with Crippen LogP contribution in [0.5, 0.6) is 0 Å². The number of benzene rings is 1. The van der Waals surface area contributed by atoms with Crippen LogP contribution >= 0.6 is 0 Å². The monoisotopic (exact) mass is 310 g/mol. The molecule has 1 aliphatic rings. The standard InChI is InChI=1S/C16H26N2O2S/c1-3-10-17-12-15-8-6-11-18(13-15)21(19,20)16-9-5-4-7-14(16)2/h4-5,7,9,15,17H,3,6,8,10-13H2,1-2H3. The van der Waals surface area contributed by atoms with Crippen molar-refractivity contribution in [1.29, 1.82) is 0 Å². The maximum Gasteiger partial charge on any atom is 0.243 e. The third kappa shape index (κ3) is 4.05. The van der Waals surface area contributed by atoms with Crippen LogP contribution in [0.15, 0.2) is 29.2 Å². The molecule has 1 unspecified atom stereocenters. The lowest BCUT2D eigenvalue weighted by atomic mass is 10.00. The number of nitrogens with zero attached hydrogens (tertiary/aromatic N) is 1. The second-order valence-corrected chi connectivity index (χ2v) is 7.75. The predicted octanol–water partition coefficient (Wildman–Crippen LogP) is 2.40. The van der Waals surface area contributed by atoms with Gasteiger partial charge in [-0.15, -0.1) is 0 Å². The number of piperidine rings is 1. The molecule has 1 N–H and O–H groups in total. The minimum atomic E-state index is -3.35. The van der Waals surface area contributed by atoms with Gasteiger partial charge in [0.15, 0.2) is 0 Å². The van der Waals surface area contributed by atoms with E-state index in [0.29, 0.717) is 23.9 Å². The second-order valence-electron chi connectivity index (χ2n) is 5.84. The van der Waals surface area contributed by atoms with E-state index < -0.39 is 10.0 Å². The molecule has 1 aromatic carbocycles. The molecule has 0 bridgehead atoms. The van der Waals surface area contributed by atoms with E-state index in [2.05, 4.69) is 12.2 Å². The van der Waals surface area contributed by atoms with Gasteiger partial charge in [0.25, 0.3) is 0 Å². The first-order valence-corrected chi connectivity index (χ1v) is 9.26. The molecule has 0 amide bonds. The molecular weight excluding hydrogens is 284 g/mol. The number of aryl methyl sites for hydroxylation is 1. The third-order valence-electron chi connectivity index (χ3n) is 4.05. The van der Waals surface area contributed by atoms with Gasteiger partial charge in [0.2, 0.25) is 10.0 Å². The van der Waals surface area contributed by atoms with E-state index in [0.717, 1.165) is 37.9 Å². The fourth-order valence-corrected chi connectivity index (χ4v) is 4.66. The summed E-state index contributed by atoms with van der Waals surface area (Å²) in [5.74, 6) is 0.420. The minimum Gasteiger partial charge on any atom is -0.316 e. The van der Waals surface area contributed by atoms with Crippen molar-refractivity contribution in [3.63, 3.8) is 0 Å². The Kier molecular flexibility index (Phi) is 5.79. The van der Waals surface area contributed by atoms with Crippen LogP contribution in [-0.4, -0.2) is 38.9 Å². The molecule has 5 heteroatoms. The fourth-order valence-electron chi connectivity index (χ4n) is 2.88. The highest BCUT2D eigenvalue weighted by Gasteiger charge is 2.30. The van der Waals surface area contributed by atoms with Crippen LogP contribution in [0.1, 0.15) is 31.7 Å². The molecule has 1 atom stereocenters. The Bertz CT molecular complexity index is 557. The zero-order chi connectivity index (χ0) is 15.3. The average Bonchev–Trinajstić information content (AvgIpc) is 2.48. The minimum absolute atomic E-state index is 0.420. The lowest BCUT2D eigenvalue weighted by Gasteiger charge is -2.32. The summed E-state index contributed by atoms with van der Waals surface area (Å²) in [5, 5.41) is 3.41. The van der Waals surface area contributed by atoms with Gasteiger partial charge in [-0.2, -0.15) is 4.31 Å². The molecule has 0 radical (unpaired) electrons. The van der Waals surface area contributed by atoms with E-state index in [-0.39, 0.29) is 0 Å². The SMILES string of the molecule is CCCNCC1CCCN(S(=O)(=O)c2ccccc2C)C1. The highest BCUT2D eigenvalue weighted by molar-refractivity contribution is 7.89. The van der Waals surface area contributed by atoms with Gasteiger partial charge in [-0.1, -0.05) is 25.1 Å². The summed E-state index contributed by atoms with van der Waals surface area (Å²) in [6, 6.07) is 7.24. The number of nitrogens with one attached hydrogen (secondary N) is 1. The van der Waals surface area contributed by atoms with Gasteiger partial charge < -0.3 is 5.32 Å². The first-order chi connectivity index (χ1) is 10.1.